The number of hydrogen-bond acceptors (Lipinski definition) is 4. The lowest BCUT2D eigenvalue weighted by molar-refractivity contribution is 0.320. The summed E-state index contributed by atoms with van der Waals surface area (Å²) in [6.07, 6.45) is 2.73. The van der Waals surface area contributed by atoms with Gasteiger partial charge in [-0.15, -0.1) is 0 Å². The van der Waals surface area contributed by atoms with Crippen LogP contribution in [-0.2, 0) is 14.8 Å². The monoisotopic (exact) mass is 308 g/mol. The lowest BCUT2D eigenvalue weighted by Crippen LogP contribution is -2.41. The number of hydrogen-bond donors (Lipinski definition) is 0. The number of piperidine rings is 1. The highest BCUT2D eigenvalue weighted by Gasteiger charge is 2.29. The van der Waals surface area contributed by atoms with Crippen molar-refractivity contribution >= 4 is 16.1 Å². The third-order valence-electron chi connectivity index (χ3n) is 3.88. The van der Waals surface area contributed by atoms with E-state index in [0.717, 1.165) is 5.56 Å². The third-order valence-corrected chi connectivity index (χ3v) is 5.95. The van der Waals surface area contributed by atoms with Crippen LogP contribution >= 0.6 is 0 Å². The van der Waals surface area contributed by atoms with E-state index in [0.29, 0.717) is 25.9 Å². The summed E-state index contributed by atoms with van der Waals surface area (Å²) in [4.78, 5) is 13.9. The number of aliphatic imine (C=N–C) groups is 1. The van der Waals surface area contributed by atoms with Gasteiger partial charge in [-0.1, -0.05) is 37.3 Å². The van der Waals surface area contributed by atoms with Gasteiger partial charge >= 0.3 is 0 Å². The maximum absolute atomic E-state index is 12.5. The van der Waals surface area contributed by atoms with Gasteiger partial charge in [-0.05, 0) is 24.3 Å². The molecule has 5 nitrogen and oxygen atoms in total. The zero-order valence-electron chi connectivity index (χ0n) is 12.1. The van der Waals surface area contributed by atoms with Crippen LogP contribution in [0.25, 0.3) is 0 Å². The van der Waals surface area contributed by atoms with Crippen LogP contribution < -0.4 is 0 Å². The molecule has 21 heavy (non-hydrogen) atoms. The molecule has 2 rings (SSSR count). The number of benzene rings is 1. The van der Waals surface area contributed by atoms with Gasteiger partial charge in [0.15, 0.2) is 0 Å². The molecular formula is C15H20N2O3S. The molecule has 114 valence electrons. The van der Waals surface area contributed by atoms with Crippen molar-refractivity contribution in [2.75, 3.05) is 18.8 Å². The average Bonchev–Trinajstić information content (AvgIpc) is 2.48. The molecule has 0 amide bonds. The van der Waals surface area contributed by atoms with E-state index in [9.17, 15) is 13.2 Å². The standard InChI is InChI=1S/C15H20N2O3S/c1-13(14-5-3-2-4-6-14)11-21(19,20)17-9-7-15(8-10-17)16-12-18/h2-6,13,15H,7-11H2,1H3. The Morgan fingerprint density at radius 2 is 1.90 bits per heavy atom. The molecule has 6 heteroatoms. The maximum Gasteiger partial charge on any atom is 0.235 e. The molecule has 0 aromatic heterocycles. The highest BCUT2D eigenvalue weighted by atomic mass is 32.2. The van der Waals surface area contributed by atoms with Gasteiger partial charge in [0, 0.05) is 13.1 Å². The molecule has 1 fully saturated rings. The summed E-state index contributed by atoms with van der Waals surface area (Å²) in [6.45, 7) is 2.79. The van der Waals surface area contributed by atoms with Gasteiger partial charge in [-0.3, -0.25) is 0 Å². The Morgan fingerprint density at radius 1 is 1.29 bits per heavy atom. The van der Waals surface area contributed by atoms with Gasteiger partial charge in [0.05, 0.1) is 11.8 Å². The number of isocyanates is 1. The molecule has 0 radical (unpaired) electrons. The number of nitrogens with zero attached hydrogens (tertiary/aromatic N) is 2. The lowest BCUT2D eigenvalue weighted by atomic mass is 10.0. The van der Waals surface area contributed by atoms with E-state index in [2.05, 4.69) is 4.99 Å². The molecule has 1 aliphatic rings. The van der Waals surface area contributed by atoms with Crippen LogP contribution in [0.4, 0.5) is 0 Å². The predicted molar refractivity (Wildman–Crippen MR) is 81.4 cm³/mol. The van der Waals surface area contributed by atoms with Crippen molar-refractivity contribution in [3.63, 3.8) is 0 Å². The van der Waals surface area contributed by atoms with Gasteiger partial charge in [-0.25, -0.2) is 22.5 Å². The van der Waals surface area contributed by atoms with Crippen LogP contribution in [0.15, 0.2) is 35.3 Å². The lowest BCUT2D eigenvalue weighted by Gasteiger charge is -2.29. The highest BCUT2D eigenvalue weighted by Crippen LogP contribution is 2.22. The van der Waals surface area contributed by atoms with Crippen molar-refractivity contribution in [3.8, 4) is 0 Å². The molecule has 0 bridgehead atoms. The summed E-state index contributed by atoms with van der Waals surface area (Å²) in [5.41, 5.74) is 1.03. The molecule has 1 heterocycles. The Bertz CT molecular complexity index is 601. The quantitative estimate of drug-likeness (QED) is 0.616. The molecule has 0 aliphatic carbocycles. The number of rotatable bonds is 5. The molecule has 0 N–H and O–H groups in total. The molecule has 1 aromatic carbocycles. The SMILES string of the molecule is CC(CS(=O)(=O)N1CCC(N=C=O)CC1)c1ccccc1. The summed E-state index contributed by atoms with van der Waals surface area (Å²) < 4.78 is 26.4. The first kappa shape index (κ1) is 15.9. The number of carbonyl (C=O) groups excluding carboxylic acids is 1. The largest absolute Gasteiger partial charge is 0.235 e. The van der Waals surface area contributed by atoms with Crippen LogP contribution in [0.1, 0.15) is 31.2 Å². The fourth-order valence-electron chi connectivity index (χ4n) is 2.62. The summed E-state index contributed by atoms with van der Waals surface area (Å²) >= 11 is 0. The zero-order valence-corrected chi connectivity index (χ0v) is 12.9. The Kier molecular flexibility index (Phi) is 5.28. The molecule has 1 atom stereocenters. The minimum Gasteiger partial charge on any atom is -0.212 e. The van der Waals surface area contributed by atoms with Gasteiger partial charge in [0.2, 0.25) is 16.1 Å². The Balaban J connectivity index is 1.98. The Labute approximate surface area is 125 Å². The third kappa shape index (κ3) is 4.24. The van der Waals surface area contributed by atoms with Gasteiger partial charge in [0.1, 0.15) is 0 Å². The first-order valence-electron chi connectivity index (χ1n) is 7.12. The maximum atomic E-state index is 12.5. The number of sulfonamides is 1. The Hall–Kier alpha value is -1.49. The molecular weight excluding hydrogens is 288 g/mol. The normalized spacial score (nSPS) is 18.9. The van der Waals surface area contributed by atoms with Crippen molar-refractivity contribution in [3.05, 3.63) is 35.9 Å². The summed E-state index contributed by atoms with van der Waals surface area (Å²) in [7, 11) is -3.28. The smallest absolute Gasteiger partial charge is 0.212 e. The fourth-order valence-corrected chi connectivity index (χ4v) is 4.43. The predicted octanol–water partition coefficient (Wildman–Crippen LogP) is 1.92. The van der Waals surface area contributed by atoms with Crippen molar-refractivity contribution < 1.29 is 13.2 Å². The molecule has 1 aromatic rings. The Morgan fingerprint density at radius 3 is 2.48 bits per heavy atom. The van der Waals surface area contributed by atoms with E-state index >= 15 is 0 Å². The first-order valence-corrected chi connectivity index (χ1v) is 8.73. The minimum atomic E-state index is -3.28. The average molecular weight is 308 g/mol. The summed E-state index contributed by atoms with van der Waals surface area (Å²) in [5, 5.41) is 0. The summed E-state index contributed by atoms with van der Waals surface area (Å²) in [5.74, 6) is 0.0699. The molecule has 1 aliphatic heterocycles. The van der Waals surface area contributed by atoms with E-state index in [1.807, 2.05) is 37.3 Å². The van der Waals surface area contributed by atoms with Crippen molar-refractivity contribution in [1.29, 1.82) is 0 Å². The van der Waals surface area contributed by atoms with Crippen molar-refractivity contribution in [2.24, 2.45) is 4.99 Å². The van der Waals surface area contributed by atoms with E-state index < -0.39 is 10.0 Å². The molecule has 1 saturated heterocycles. The van der Waals surface area contributed by atoms with Gasteiger partial charge < -0.3 is 0 Å². The molecule has 0 saturated carbocycles. The van der Waals surface area contributed by atoms with Crippen molar-refractivity contribution in [2.45, 2.75) is 31.7 Å². The van der Waals surface area contributed by atoms with Crippen LogP contribution in [0.5, 0.6) is 0 Å². The van der Waals surface area contributed by atoms with Gasteiger partial charge in [0.25, 0.3) is 0 Å². The van der Waals surface area contributed by atoms with Crippen LogP contribution in [0.2, 0.25) is 0 Å². The molecule has 0 spiro atoms. The van der Waals surface area contributed by atoms with E-state index in [-0.39, 0.29) is 17.7 Å². The molecule has 1 unspecified atom stereocenters. The van der Waals surface area contributed by atoms with Crippen molar-refractivity contribution in [1.82, 2.24) is 4.31 Å². The first-order chi connectivity index (χ1) is 10.0. The summed E-state index contributed by atoms with van der Waals surface area (Å²) in [6, 6.07) is 9.57. The second-order valence-electron chi connectivity index (χ2n) is 5.44. The zero-order chi connectivity index (χ0) is 15.3. The second kappa shape index (κ2) is 6.98. The second-order valence-corrected chi connectivity index (χ2v) is 7.45. The van der Waals surface area contributed by atoms with Crippen LogP contribution in [-0.4, -0.2) is 43.7 Å². The highest BCUT2D eigenvalue weighted by molar-refractivity contribution is 7.89. The van der Waals surface area contributed by atoms with Crippen LogP contribution in [0, 0.1) is 0 Å². The fraction of sp³-hybridized carbons (Fsp3) is 0.533. The van der Waals surface area contributed by atoms with Crippen LogP contribution in [0.3, 0.4) is 0 Å². The minimum absolute atomic E-state index is 0.0399. The van der Waals surface area contributed by atoms with E-state index in [1.54, 1.807) is 6.08 Å². The van der Waals surface area contributed by atoms with E-state index in [4.69, 9.17) is 0 Å². The van der Waals surface area contributed by atoms with E-state index in [1.165, 1.54) is 4.31 Å². The topological polar surface area (TPSA) is 66.8 Å². The van der Waals surface area contributed by atoms with Gasteiger partial charge in [-0.2, -0.15) is 0 Å².